The van der Waals surface area contributed by atoms with Crippen molar-refractivity contribution in [3.8, 4) is 17.2 Å². The highest BCUT2D eigenvalue weighted by Crippen LogP contribution is 2.33. The van der Waals surface area contributed by atoms with Crippen LogP contribution in [0.3, 0.4) is 0 Å². The minimum Gasteiger partial charge on any atom is -0.506 e. The Morgan fingerprint density at radius 1 is 1.00 bits per heavy atom. The van der Waals surface area contributed by atoms with Gasteiger partial charge >= 0.3 is 12.4 Å². The Morgan fingerprint density at radius 2 is 1.56 bits per heavy atom. The molecule has 174 valence electrons. The van der Waals surface area contributed by atoms with E-state index in [0.717, 1.165) is 24.4 Å². The molecular weight excluding hydrogens is 582 g/mol. The summed E-state index contributed by atoms with van der Waals surface area (Å²) in [5.41, 5.74) is 1.92. The average molecular weight is 594 g/mol. The molecule has 2 aromatic carbocycles. The number of rotatable bonds is 7. The SMILES string of the molecule is O=C(N/N=C/c1cc(Br)c(O)c(Br)c1)c1cc(OCC(F)(F)F)ccc1OCC(F)(F)F. The number of halogens is 8. The molecule has 32 heavy (non-hydrogen) atoms. The van der Waals surface area contributed by atoms with E-state index in [1.165, 1.54) is 12.1 Å². The maximum Gasteiger partial charge on any atom is 0.422 e. The summed E-state index contributed by atoms with van der Waals surface area (Å²) in [5.74, 6) is -2.09. The normalized spacial score (nSPS) is 12.1. The number of hydrogen-bond acceptors (Lipinski definition) is 5. The number of carbonyl (C=O) groups is 1. The summed E-state index contributed by atoms with van der Waals surface area (Å²) in [6.07, 6.45) is -8.21. The third-order valence-corrected chi connectivity index (χ3v) is 4.62. The van der Waals surface area contributed by atoms with Crippen molar-refractivity contribution < 1.29 is 45.7 Å². The van der Waals surface area contributed by atoms with Gasteiger partial charge in [0.1, 0.15) is 17.2 Å². The fraction of sp³-hybridized carbons (Fsp3) is 0.222. The Kier molecular flexibility index (Phi) is 8.40. The second kappa shape index (κ2) is 10.4. The van der Waals surface area contributed by atoms with Crippen molar-refractivity contribution in [1.82, 2.24) is 5.43 Å². The van der Waals surface area contributed by atoms with Gasteiger partial charge in [0.15, 0.2) is 13.2 Å². The van der Waals surface area contributed by atoms with E-state index in [1.54, 1.807) is 0 Å². The number of ether oxygens (including phenoxy) is 2. The smallest absolute Gasteiger partial charge is 0.422 e. The number of amides is 1. The molecule has 0 heterocycles. The number of hydrogen-bond donors (Lipinski definition) is 2. The monoisotopic (exact) mass is 592 g/mol. The van der Waals surface area contributed by atoms with Crippen molar-refractivity contribution in [2.45, 2.75) is 12.4 Å². The molecule has 0 saturated carbocycles. The lowest BCUT2D eigenvalue weighted by Crippen LogP contribution is -2.23. The Labute approximate surface area is 193 Å². The molecule has 0 aromatic heterocycles. The number of aromatic hydroxyl groups is 1. The van der Waals surface area contributed by atoms with Gasteiger partial charge in [0.25, 0.3) is 5.91 Å². The van der Waals surface area contributed by atoms with Crippen molar-refractivity contribution in [1.29, 1.82) is 0 Å². The first-order valence-corrected chi connectivity index (χ1v) is 9.88. The summed E-state index contributed by atoms with van der Waals surface area (Å²) in [4.78, 5) is 12.4. The van der Waals surface area contributed by atoms with E-state index in [2.05, 4.69) is 46.4 Å². The largest absolute Gasteiger partial charge is 0.506 e. The highest BCUT2D eigenvalue weighted by molar-refractivity contribution is 9.11. The molecule has 2 N–H and O–H groups in total. The molecule has 0 aliphatic rings. The molecule has 0 saturated heterocycles. The molecule has 0 aliphatic heterocycles. The molecule has 0 fully saturated rings. The minimum atomic E-state index is -4.71. The number of benzene rings is 2. The predicted molar refractivity (Wildman–Crippen MR) is 108 cm³/mol. The highest BCUT2D eigenvalue weighted by atomic mass is 79.9. The van der Waals surface area contributed by atoms with Crippen molar-refractivity contribution in [2.75, 3.05) is 13.2 Å². The van der Waals surface area contributed by atoms with E-state index in [1.807, 2.05) is 5.43 Å². The van der Waals surface area contributed by atoms with Gasteiger partial charge in [-0.25, -0.2) is 5.43 Å². The molecular formula is C18H12Br2F6N2O4. The van der Waals surface area contributed by atoms with Crippen LogP contribution >= 0.6 is 31.9 Å². The van der Waals surface area contributed by atoms with Gasteiger partial charge in [0.2, 0.25) is 0 Å². The number of alkyl halides is 6. The maximum atomic E-state index is 12.5. The van der Waals surface area contributed by atoms with Gasteiger partial charge in [0.05, 0.1) is 20.7 Å². The molecule has 0 bridgehead atoms. The first-order chi connectivity index (χ1) is 14.7. The molecule has 1 amide bonds. The lowest BCUT2D eigenvalue weighted by molar-refractivity contribution is -0.154. The standard InChI is InChI=1S/C18H12Br2F6N2O4/c19-12-3-9(4-13(20)15(12)29)6-27-28-16(30)11-5-10(31-7-17(21,22)23)1-2-14(11)32-8-18(24,25)26/h1-6,29H,7-8H2,(H,28,30)/b27-6+. The average Bonchev–Trinajstić information content (AvgIpc) is 2.67. The molecule has 14 heteroatoms. The lowest BCUT2D eigenvalue weighted by atomic mass is 10.2. The van der Waals surface area contributed by atoms with Crippen LogP contribution in [0.15, 0.2) is 44.4 Å². The van der Waals surface area contributed by atoms with Crippen LogP contribution in [0.2, 0.25) is 0 Å². The van der Waals surface area contributed by atoms with Crippen LogP contribution in [-0.2, 0) is 0 Å². The van der Waals surface area contributed by atoms with E-state index in [0.29, 0.717) is 14.5 Å². The van der Waals surface area contributed by atoms with Crippen LogP contribution in [0.5, 0.6) is 17.2 Å². The van der Waals surface area contributed by atoms with Crippen LogP contribution in [0.4, 0.5) is 26.3 Å². The third-order valence-electron chi connectivity index (χ3n) is 3.41. The van der Waals surface area contributed by atoms with Gasteiger partial charge in [0, 0.05) is 0 Å². The summed E-state index contributed by atoms with van der Waals surface area (Å²) in [5, 5.41) is 13.3. The molecule has 0 spiro atoms. The molecule has 0 unspecified atom stereocenters. The van der Waals surface area contributed by atoms with Crippen molar-refractivity contribution >= 4 is 44.0 Å². The fourth-order valence-corrected chi connectivity index (χ4v) is 3.33. The van der Waals surface area contributed by atoms with Gasteiger partial charge in [-0.05, 0) is 67.8 Å². The minimum absolute atomic E-state index is 0.0756. The first-order valence-electron chi connectivity index (χ1n) is 8.30. The number of hydrazone groups is 1. The number of carbonyl (C=O) groups excluding carboxylic acids is 1. The summed E-state index contributed by atoms with van der Waals surface area (Å²) in [7, 11) is 0. The fourth-order valence-electron chi connectivity index (χ4n) is 2.11. The summed E-state index contributed by atoms with van der Waals surface area (Å²) in [6.45, 7) is -3.39. The summed E-state index contributed by atoms with van der Waals surface area (Å²) >= 11 is 6.20. The molecule has 2 aromatic rings. The van der Waals surface area contributed by atoms with Crippen LogP contribution in [-0.4, -0.2) is 42.8 Å². The summed E-state index contributed by atoms with van der Waals surface area (Å²) < 4.78 is 84.2. The van der Waals surface area contributed by atoms with Gasteiger partial charge in [-0.3, -0.25) is 4.79 Å². The zero-order valence-electron chi connectivity index (χ0n) is 15.5. The van der Waals surface area contributed by atoms with Gasteiger partial charge in [-0.1, -0.05) is 0 Å². The quantitative estimate of drug-likeness (QED) is 0.250. The Bertz CT molecular complexity index is 989. The highest BCUT2D eigenvalue weighted by Gasteiger charge is 2.30. The molecule has 0 aliphatic carbocycles. The predicted octanol–water partition coefficient (Wildman–Crippen LogP) is 5.56. The Hall–Kier alpha value is -2.48. The van der Waals surface area contributed by atoms with E-state index < -0.39 is 48.5 Å². The maximum absolute atomic E-state index is 12.5. The van der Waals surface area contributed by atoms with E-state index in [4.69, 9.17) is 0 Å². The van der Waals surface area contributed by atoms with Crippen LogP contribution in [0.25, 0.3) is 0 Å². The Morgan fingerprint density at radius 3 is 2.12 bits per heavy atom. The van der Waals surface area contributed by atoms with Crippen LogP contribution in [0, 0.1) is 0 Å². The van der Waals surface area contributed by atoms with Crippen molar-refractivity contribution in [3.05, 3.63) is 50.4 Å². The second-order valence-electron chi connectivity index (χ2n) is 6.00. The van der Waals surface area contributed by atoms with Gasteiger partial charge in [-0.2, -0.15) is 31.4 Å². The van der Waals surface area contributed by atoms with Gasteiger partial charge in [-0.15, -0.1) is 0 Å². The first kappa shape index (κ1) is 25.8. The number of phenolic OH excluding ortho intramolecular Hbond substituents is 1. The summed E-state index contributed by atoms with van der Waals surface area (Å²) in [6, 6.07) is 5.53. The molecule has 6 nitrogen and oxygen atoms in total. The van der Waals surface area contributed by atoms with E-state index in [-0.39, 0.29) is 5.75 Å². The van der Waals surface area contributed by atoms with E-state index >= 15 is 0 Å². The third kappa shape index (κ3) is 8.22. The van der Waals surface area contributed by atoms with Gasteiger partial charge < -0.3 is 14.6 Å². The van der Waals surface area contributed by atoms with Crippen LogP contribution < -0.4 is 14.9 Å². The zero-order chi connectivity index (χ0) is 24.1. The van der Waals surface area contributed by atoms with Crippen LogP contribution in [0.1, 0.15) is 15.9 Å². The topological polar surface area (TPSA) is 80.2 Å². The van der Waals surface area contributed by atoms with E-state index in [9.17, 15) is 36.2 Å². The van der Waals surface area contributed by atoms with Crippen molar-refractivity contribution in [2.24, 2.45) is 5.10 Å². The van der Waals surface area contributed by atoms with Crippen molar-refractivity contribution in [3.63, 3.8) is 0 Å². The zero-order valence-corrected chi connectivity index (χ0v) is 18.7. The number of phenols is 1. The molecule has 0 atom stereocenters. The lowest BCUT2D eigenvalue weighted by Gasteiger charge is -2.14. The number of nitrogens with one attached hydrogen (secondary N) is 1. The molecule has 2 rings (SSSR count). The Balaban J connectivity index is 2.23. The molecule has 0 radical (unpaired) electrons. The number of nitrogens with zero attached hydrogens (tertiary/aromatic N) is 1. The second-order valence-corrected chi connectivity index (χ2v) is 7.71.